The molecule has 1 unspecified atom stereocenters. The lowest BCUT2D eigenvalue weighted by molar-refractivity contribution is -0.305. The van der Waals surface area contributed by atoms with E-state index in [9.17, 15) is 26.3 Å². The van der Waals surface area contributed by atoms with E-state index in [1.807, 2.05) is 0 Å². The summed E-state index contributed by atoms with van der Waals surface area (Å²) >= 11 is 0. The van der Waals surface area contributed by atoms with Gasteiger partial charge in [-0.3, -0.25) is 0 Å². The van der Waals surface area contributed by atoms with Crippen molar-refractivity contribution in [2.75, 3.05) is 0 Å². The van der Waals surface area contributed by atoms with Gasteiger partial charge in [-0.05, 0) is 0 Å². The van der Waals surface area contributed by atoms with Gasteiger partial charge in [0.25, 0.3) is 0 Å². The molecule has 1 nitrogen and oxygen atoms in total. The minimum atomic E-state index is -5.55. The second-order valence-electron chi connectivity index (χ2n) is 2.54. The molecule has 0 aromatic heterocycles. The van der Waals surface area contributed by atoms with E-state index in [0.717, 1.165) is 0 Å². The zero-order chi connectivity index (χ0) is 11.6. The molecule has 0 amide bonds. The lowest BCUT2D eigenvalue weighted by Crippen LogP contribution is -2.44. The van der Waals surface area contributed by atoms with Gasteiger partial charge in [-0.1, -0.05) is 0 Å². The highest BCUT2D eigenvalue weighted by atomic mass is 19.4. The Bertz CT molecular complexity index is 208. The lowest BCUT2D eigenvalue weighted by atomic mass is 9.99. The summed E-state index contributed by atoms with van der Waals surface area (Å²) < 4.78 is 71.0. The maximum absolute atomic E-state index is 11.8. The maximum atomic E-state index is 11.8. The molecule has 0 fully saturated rings. The third-order valence-corrected chi connectivity index (χ3v) is 1.42. The molecule has 0 saturated carbocycles. The molecule has 7 heteroatoms. The van der Waals surface area contributed by atoms with E-state index in [4.69, 9.17) is 5.11 Å². The topological polar surface area (TPSA) is 20.2 Å². The van der Waals surface area contributed by atoms with Crippen molar-refractivity contribution in [3.8, 4) is 12.3 Å². The van der Waals surface area contributed by atoms with Gasteiger partial charge in [0.2, 0.25) is 0 Å². The van der Waals surface area contributed by atoms with Crippen LogP contribution in [-0.4, -0.2) is 23.6 Å². The van der Waals surface area contributed by atoms with Crippen LogP contribution in [0.3, 0.4) is 0 Å². The van der Waals surface area contributed by atoms with Crippen molar-refractivity contribution < 1.29 is 31.4 Å². The summed E-state index contributed by atoms with van der Waals surface area (Å²) in [6.07, 6.45) is -10.2. The average Bonchev–Trinajstić information content (AvgIpc) is 1.78. The lowest BCUT2D eigenvalue weighted by Gasteiger charge is -2.26. The minimum Gasteiger partial charge on any atom is -0.391 e. The molecular weight excluding hydrogens is 214 g/mol. The van der Waals surface area contributed by atoms with Crippen LogP contribution in [0.4, 0.5) is 26.3 Å². The number of alkyl halides is 6. The SMILES string of the molecule is C#CCC(O)C(C(F)(F)F)C(F)(F)F. The minimum absolute atomic E-state index is 0.996. The van der Waals surface area contributed by atoms with Crippen molar-refractivity contribution >= 4 is 0 Å². The number of halogens is 6. The van der Waals surface area contributed by atoms with Crippen LogP contribution in [-0.2, 0) is 0 Å². The van der Waals surface area contributed by atoms with Crippen molar-refractivity contribution in [3.63, 3.8) is 0 Å². The Morgan fingerprint density at radius 1 is 1.07 bits per heavy atom. The molecule has 0 rings (SSSR count). The second kappa shape index (κ2) is 4.09. The smallest absolute Gasteiger partial charge is 0.391 e. The first-order valence-electron chi connectivity index (χ1n) is 3.35. The van der Waals surface area contributed by atoms with E-state index in [1.54, 1.807) is 5.92 Å². The third kappa shape index (κ3) is 3.46. The van der Waals surface area contributed by atoms with Gasteiger partial charge < -0.3 is 5.11 Å². The zero-order valence-electron chi connectivity index (χ0n) is 6.65. The Morgan fingerprint density at radius 2 is 1.43 bits per heavy atom. The number of rotatable bonds is 2. The summed E-state index contributed by atoms with van der Waals surface area (Å²) in [6, 6.07) is 0. The first-order valence-corrected chi connectivity index (χ1v) is 3.35. The molecule has 0 aliphatic rings. The molecule has 0 spiro atoms. The van der Waals surface area contributed by atoms with Crippen LogP contribution in [0.15, 0.2) is 0 Å². The molecule has 14 heavy (non-hydrogen) atoms. The molecule has 0 heterocycles. The number of aliphatic hydroxyl groups is 1. The van der Waals surface area contributed by atoms with Gasteiger partial charge in [0.05, 0.1) is 6.10 Å². The molecule has 0 radical (unpaired) electrons. The highest BCUT2D eigenvalue weighted by Crippen LogP contribution is 2.41. The quantitative estimate of drug-likeness (QED) is 0.558. The van der Waals surface area contributed by atoms with E-state index in [-0.39, 0.29) is 0 Å². The Morgan fingerprint density at radius 3 is 1.64 bits per heavy atom. The molecule has 0 aromatic rings. The second-order valence-corrected chi connectivity index (χ2v) is 2.54. The normalized spacial score (nSPS) is 15.4. The van der Waals surface area contributed by atoms with Gasteiger partial charge in [0, 0.05) is 6.42 Å². The Hall–Kier alpha value is -0.900. The van der Waals surface area contributed by atoms with Gasteiger partial charge in [-0.25, -0.2) is 0 Å². The summed E-state index contributed by atoms with van der Waals surface area (Å²) in [6.45, 7) is 0. The highest BCUT2D eigenvalue weighted by Gasteiger charge is 2.59. The van der Waals surface area contributed by atoms with Gasteiger partial charge in [-0.2, -0.15) is 26.3 Å². The van der Waals surface area contributed by atoms with Crippen LogP contribution in [0, 0.1) is 18.3 Å². The summed E-state index contributed by atoms with van der Waals surface area (Å²) in [5, 5.41) is 8.60. The molecule has 1 atom stereocenters. The fraction of sp³-hybridized carbons (Fsp3) is 0.714. The Labute approximate surface area is 75.7 Å². The average molecular weight is 220 g/mol. The number of hydrogen-bond donors (Lipinski definition) is 1. The number of hydrogen-bond acceptors (Lipinski definition) is 1. The van der Waals surface area contributed by atoms with Crippen LogP contribution in [0.2, 0.25) is 0 Å². The fourth-order valence-corrected chi connectivity index (χ4v) is 0.860. The van der Waals surface area contributed by atoms with Crippen molar-refractivity contribution in [1.29, 1.82) is 0 Å². The van der Waals surface area contributed by atoms with Crippen molar-refractivity contribution in [2.45, 2.75) is 24.9 Å². The van der Waals surface area contributed by atoms with Gasteiger partial charge in [-0.15, -0.1) is 12.3 Å². The molecule has 82 valence electrons. The van der Waals surface area contributed by atoms with Crippen LogP contribution >= 0.6 is 0 Å². The predicted octanol–water partition coefficient (Wildman–Crippen LogP) is 2.11. The van der Waals surface area contributed by atoms with Crippen molar-refractivity contribution in [3.05, 3.63) is 0 Å². The van der Waals surface area contributed by atoms with Crippen molar-refractivity contribution in [1.82, 2.24) is 0 Å². The highest BCUT2D eigenvalue weighted by molar-refractivity contribution is 4.92. The Balaban J connectivity index is 4.86. The monoisotopic (exact) mass is 220 g/mol. The van der Waals surface area contributed by atoms with Crippen LogP contribution in [0.25, 0.3) is 0 Å². The standard InChI is InChI=1S/C7H6F6O/c1-2-3-4(14)5(6(8,9)10)7(11,12)13/h1,4-5,14H,3H2. The van der Waals surface area contributed by atoms with Crippen molar-refractivity contribution in [2.24, 2.45) is 5.92 Å². The third-order valence-electron chi connectivity index (χ3n) is 1.42. The molecule has 0 bridgehead atoms. The summed E-state index contributed by atoms with van der Waals surface area (Å²) in [7, 11) is 0. The van der Waals surface area contributed by atoms with E-state index >= 15 is 0 Å². The number of terminal acetylenes is 1. The molecule has 0 aliphatic heterocycles. The van der Waals surface area contributed by atoms with Gasteiger partial charge in [0.1, 0.15) is 0 Å². The van der Waals surface area contributed by atoms with E-state index in [1.165, 1.54) is 0 Å². The van der Waals surface area contributed by atoms with E-state index < -0.39 is 30.8 Å². The summed E-state index contributed by atoms with van der Waals surface area (Å²) in [5.74, 6) is -2.24. The fourth-order valence-electron chi connectivity index (χ4n) is 0.860. The largest absolute Gasteiger partial charge is 0.403 e. The van der Waals surface area contributed by atoms with E-state index in [0.29, 0.717) is 0 Å². The zero-order valence-corrected chi connectivity index (χ0v) is 6.65. The van der Waals surface area contributed by atoms with Crippen LogP contribution in [0.1, 0.15) is 6.42 Å². The van der Waals surface area contributed by atoms with Crippen LogP contribution < -0.4 is 0 Å². The van der Waals surface area contributed by atoms with E-state index in [2.05, 4.69) is 6.42 Å². The molecular formula is C7H6F6O. The molecule has 1 N–H and O–H groups in total. The Kier molecular flexibility index (Phi) is 3.82. The number of aliphatic hydroxyl groups excluding tert-OH is 1. The summed E-state index contributed by atoms with van der Waals surface area (Å²) in [5.41, 5.74) is 0. The van der Waals surface area contributed by atoms with Gasteiger partial charge in [0.15, 0.2) is 5.92 Å². The molecule has 0 saturated heterocycles. The first-order chi connectivity index (χ1) is 6.10. The summed E-state index contributed by atoms with van der Waals surface area (Å²) in [4.78, 5) is 0. The molecule has 0 aliphatic carbocycles. The predicted molar refractivity (Wildman–Crippen MR) is 35.1 cm³/mol. The van der Waals surface area contributed by atoms with Gasteiger partial charge >= 0.3 is 12.4 Å². The van der Waals surface area contributed by atoms with Crippen LogP contribution in [0.5, 0.6) is 0 Å². The first kappa shape index (κ1) is 13.1. The maximum Gasteiger partial charge on any atom is 0.403 e. The molecule has 0 aromatic carbocycles.